The lowest BCUT2D eigenvalue weighted by Gasteiger charge is -2.10. The van der Waals surface area contributed by atoms with Crippen molar-refractivity contribution in [3.05, 3.63) is 40.0 Å². The molecule has 0 aliphatic carbocycles. The van der Waals surface area contributed by atoms with Gasteiger partial charge in [0.1, 0.15) is 5.75 Å². The summed E-state index contributed by atoms with van der Waals surface area (Å²) in [5, 5.41) is 3.62. The first kappa shape index (κ1) is 13.0. The number of nitrogens with two attached hydrogens (primary N) is 1. The molecular formula is C12H11BrClN3O. The van der Waals surface area contributed by atoms with E-state index >= 15 is 0 Å². The molecule has 18 heavy (non-hydrogen) atoms. The number of aromatic nitrogens is 1. The third kappa shape index (κ3) is 2.86. The zero-order valence-electron chi connectivity index (χ0n) is 9.58. The quantitative estimate of drug-likeness (QED) is 0.899. The summed E-state index contributed by atoms with van der Waals surface area (Å²) in [6.45, 7) is 0. The minimum Gasteiger partial charge on any atom is -0.496 e. The van der Waals surface area contributed by atoms with Gasteiger partial charge in [0.2, 0.25) is 0 Å². The van der Waals surface area contributed by atoms with Crippen molar-refractivity contribution in [2.75, 3.05) is 18.2 Å². The second kappa shape index (κ2) is 5.46. The first-order valence-electron chi connectivity index (χ1n) is 5.11. The molecule has 0 aliphatic heterocycles. The van der Waals surface area contributed by atoms with E-state index in [0.717, 1.165) is 15.9 Å². The van der Waals surface area contributed by atoms with Crippen LogP contribution in [0.1, 0.15) is 0 Å². The maximum Gasteiger partial charge on any atom is 0.153 e. The molecule has 0 saturated carbocycles. The van der Waals surface area contributed by atoms with Crippen molar-refractivity contribution in [2.45, 2.75) is 0 Å². The minimum absolute atomic E-state index is 0.495. The first-order valence-corrected chi connectivity index (χ1v) is 6.29. The molecule has 0 saturated heterocycles. The van der Waals surface area contributed by atoms with Gasteiger partial charge in [-0.25, -0.2) is 4.98 Å². The minimum atomic E-state index is 0.495. The molecule has 0 aliphatic rings. The van der Waals surface area contributed by atoms with Crippen molar-refractivity contribution in [1.82, 2.24) is 4.98 Å². The van der Waals surface area contributed by atoms with E-state index < -0.39 is 0 Å². The maximum atomic E-state index is 5.82. The summed E-state index contributed by atoms with van der Waals surface area (Å²) in [5.74, 6) is 1.33. The highest BCUT2D eigenvalue weighted by atomic mass is 79.9. The number of hydrogen-bond acceptors (Lipinski definition) is 4. The molecule has 2 aromatic rings. The third-order valence-corrected chi connectivity index (χ3v) is 3.12. The number of halogens is 2. The summed E-state index contributed by atoms with van der Waals surface area (Å²) in [6.07, 6.45) is 1.54. The van der Waals surface area contributed by atoms with Gasteiger partial charge in [-0.15, -0.1) is 0 Å². The number of ether oxygens (including phenoxy) is 1. The predicted molar refractivity (Wildman–Crippen MR) is 77.6 cm³/mol. The van der Waals surface area contributed by atoms with E-state index in [2.05, 4.69) is 26.2 Å². The van der Waals surface area contributed by atoms with E-state index in [1.54, 1.807) is 19.4 Å². The van der Waals surface area contributed by atoms with Crippen LogP contribution in [0.5, 0.6) is 5.75 Å². The van der Waals surface area contributed by atoms with Gasteiger partial charge in [0.05, 0.1) is 22.3 Å². The SMILES string of the molecule is COc1ccc(Nc2ncc(Cl)cc2N)cc1Br. The summed E-state index contributed by atoms with van der Waals surface area (Å²) in [7, 11) is 1.62. The summed E-state index contributed by atoms with van der Waals surface area (Å²) in [6, 6.07) is 7.25. The van der Waals surface area contributed by atoms with Crippen LogP contribution in [0.2, 0.25) is 5.02 Å². The lowest BCUT2D eigenvalue weighted by molar-refractivity contribution is 0.412. The molecule has 3 N–H and O–H groups in total. The molecule has 94 valence electrons. The van der Waals surface area contributed by atoms with Gasteiger partial charge < -0.3 is 15.8 Å². The van der Waals surface area contributed by atoms with Crippen molar-refractivity contribution in [2.24, 2.45) is 0 Å². The van der Waals surface area contributed by atoms with Gasteiger partial charge in [0.15, 0.2) is 5.82 Å². The van der Waals surface area contributed by atoms with Crippen LogP contribution in [0.3, 0.4) is 0 Å². The highest BCUT2D eigenvalue weighted by Gasteiger charge is 2.05. The van der Waals surface area contributed by atoms with Crippen LogP contribution < -0.4 is 15.8 Å². The van der Waals surface area contributed by atoms with Crippen LogP contribution in [0.15, 0.2) is 34.9 Å². The predicted octanol–water partition coefficient (Wildman–Crippen LogP) is 3.83. The normalized spacial score (nSPS) is 10.2. The largest absolute Gasteiger partial charge is 0.496 e. The van der Waals surface area contributed by atoms with Crippen LogP contribution in [-0.4, -0.2) is 12.1 Å². The van der Waals surface area contributed by atoms with Gasteiger partial charge in [-0.05, 0) is 40.2 Å². The fourth-order valence-corrected chi connectivity index (χ4v) is 2.15. The highest BCUT2D eigenvalue weighted by molar-refractivity contribution is 9.10. The Labute approximate surface area is 118 Å². The number of rotatable bonds is 3. The third-order valence-electron chi connectivity index (χ3n) is 2.30. The molecular weight excluding hydrogens is 318 g/mol. The van der Waals surface area contributed by atoms with Crippen molar-refractivity contribution in [3.8, 4) is 5.75 Å². The molecule has 0 atom stereocenters. The smallest absolute Gasteiger partial charge is 0.153 e. The fourth-order valence-electron chi connectivity index (χ4n) is 1.44. The molecule has 0 radical (unpaired) electrons. The Kier molecular flexibility index (Phi) is 3.93. The Bertz CT molecular complexity index is 577. The summed E-state index contributed by atoms with van der Waals surface area (Å²) < 4.78 is 6.01. The van der Waals surface area contributed by atoms with Crippen LogP contribution in [-0.2, 0) is 0 Å². The number of methoxy groups -OCH3 is 1. The summed E-state index contributed by atoms with van der Waals surface area (Å²) in [4.78, 5) is 4.13. The molecule has 6 heteroatoms. The second-order valence-corrected chi connectivity index (χ2v) is 4.86. The molecule has 1 aromatic carbocycles. The molecule has 0 bridgehead atoms. The van der Waals surface area contributed by atoms with Gasteiger partial charge in [-0.1, -0.05) is 11.6 Å². The highest BCUT2D eigenvalue weighted by Crippen LogP contribution is 2.30. The average Bonchev–Trinajstić information content (AvgIpc) is 2.33. The Balaban J connectivity index is 2.26. The molecule has 0 spiro atoms. The number of nitrogens with one attached hydrogen (secondary N) is 1. The monoisotopic (exact) mass is 327 g/mol. The lowest BCUT2D eigenvalue weighted by Crippen LogP contribution is -1.99. The van der Waals surface area contributed by atoms with Crippen molar-refractivity contribution < 1.29 is 4.74 Å². The fraction of sp³-hybridized carbons (Fsp3) is 0.0833. The average molecular weight is 329 g/mol. The topological polar surface area (TPSA) is 60.2 Å². The molecule has 0 fully saturated rings. The standard InChI is InChI=1S/C12H11BrClN3O/c1-18-11-3-2-8(5-9(11)13)17-12-10(15)4-7(14)6-16-12/h2-6H,15H2,1H3,(H,16,17). The van der Waals surface area contributed by atoms with Gasteiger partial charge in [-0.3, -0.25) is 0 Å². The number of nitrogens with zero attached hydrogens (tertiary/aromatic N) is 1. The van der Waals surface area contributed by atoms with E-state index in [4.69, 9.17) is 22.1 Å². The van der Waals surface area contributed by atoms with Crippen molar-refractivity contribution in [1.29, 1.82) is 0 Å². The zero-order chi connectivity index (χ0) is 13.1. The Hall–Kier alpha value is -1.46. The van der Waals surface area contributed by atoms with Crippen molar-refractivity contribution >= 4 is 44.7 Å². The second-order valence-electron chi connectivity index (χ2n) is 3.57. The van der Waals surface area contributed by atoms with Gasteiger partial charge in [0.25, 0.3) is 0 Å². The lowest BCUT2D eigenvalue weighted by atomic mass is 10.3. The number of anilines is 3. The number of pyridine rings is 1. The molecule has 1 aromatic heterocycles. The van der Waals surface area contributed by atoms with E-state index in [1.807, 2.05) is 18.2 Å². The van der Waals surface area contributed by atoms with Gasteiger partial charge >= 0.3 is 0 Å². The van der Waals surface area contributed by atoms with Gasteiger partial charge in [0, 0.05) is 11.9 Å². The molecule has 4 nitrogen and oxygen atoms in total. The molecule has 0 amide bonds. The van der Waals surface area contributed by atoms with Crippen LogP contribution in [0.25, 0.3) is 0 Å². The molecule has 1 heterocycles. The van der Waals surface area contributed by atoms with Crippen molar-refractivity contribution in [3.63, 3.8) is 0 Å². The molecule has 2 rings (SSSR count). The van der Waals surface area contributed by atoms with E-state index in [-0.39, 0.29) is 0 Å². The zero-order valence-corrected chi connectivity index (χ0v) is 11.9. The number of nitrogen functional groups attached to an aromatic ring is 1. The van der Waals surface area contributed by atoms with E-state index in [9.17, 15) is 0 Å². The Morgan fingerprint density at radius 3 is 2.78 bits per heavy atom. The van der Waals surface area contributed by atoms with Crippen LogP contribution in [0.4, 0.5) is 17.2 Å². The number of benzene rings is 1. The molecule has 0 unspecified atom stereocenters. The maximum absolute atomic E-state index is 5.82. The van der Waals surface area contributed by atoms with Crippen LogP contribution in [0, 0.1) is 0 Å². The van der Waals surface area contributed by atoms with E-state index in [0.29, 0.717) is 16.5 Å². The van der Waals surface area contributed by atoms with Gasteiger partial charge in [-0.2, -0.15) is 0 Å². The van der Waals surface area contributed by atoms with E-state index in [1.165, 1.54) is 0 Å². The first-order chi connectivity index (χ1) is 8.60. The Morgan fingerprint density at radius 2 is 2.17 bits per heavy atom. The number of hydrogen-bond donors (Lipinski definition) is 2. The Morgan fingerprint density at radius 1 is 1.39 bits per heavy atom. The summed E-state index contributed by atoms with van der Waals surface area (Å²) >= 11 is 9.20. The summed E-state index contributed by atoms with van der Waals surface area (Å²) in [5.41, 5.74) is 7.16. The van der Waals surface area contributed by atoms with Crippen LogP contribution >= 0.6 is 27.5 Å².